The predicted molar refractivity (Wildman–Crippen MR) is 405 cm³/mol. The van der Waals surface area contributed by atoms with Crippen LogP contribution in [-0.2, 0) is 116 Å². The Kier molecular flexibility index (Phi) is 47.0. The van der Waals surface area contributed by atoms with Gasteiger partial charge in [0, 0.05) is 113 Å². The van der Waals surface area contributed by atoms with Crippen LogP contribution < -0.4 is 48.6 Å². The van der Waals surface area contributed by atoms with E-state index in [-0.39, 0.29) is 102 Å². The second-order valence-corrected chi connectivity index (χ2v) is 27.3. The van der Waals surface area contributed by atoms with Gasteiger partial charge in [0.2, 0.25) is 35.4 Å². The first-order valence-corrected chi connectivity index (χ1v) is 36.5. The SMILES string of the molecule is C.CC(C)C[C@@H](C(=O)N[C@@H](Cc1ccc(C(=O)c2ccccc2)cc1)C(=O)NCCCCc1cn(CCC[NH-])nn1)[C@H](O)C(=O)NO.CNCCCCC(NC(=O)C([NH-])CCCCn1cc(CCCCNC(=O)[C@H](Cc2ccc(C(=O)c3ccccc3)cc2)NC(=O)[C@H](CC(C)C)[C@H](O)C(=O)NO)nn1)C(N)=O.[Rh].[Rh]. The average Bonchev–Trinajstić information content (AvgIpc) is 0.979. The van der Waals surface area contributed by atoms with E-state index in [1.807, 2.05) is 59.3 Å². The molecule has 6 aromatic rings. The number of aliphatic hydroxyl groups excluding tert-OH is 2. The number of hydrogen-bond acceptors (Lipinski definition) is 19. The summed E-state index contributed by atoms with van der Waals surface area (Å²) in [5, 5.41) is 72.6. The molecule has 6 rings (SSSR count). The van der Waals surface area contributed by atoms with E-state index < -0.39 is 95.5 Å². The summed E-state index contributed by atoms with van der Waals surface area (Å²) in [6.07, 6.45) is 8.60. The van der Waals surface area contributed by atoms with Crippen LogP contribution in [0.1, 0.15) is 173 Å². The molecule has 16 N–H and O–H groups in total. The molecule has 110 heavy (non-hydrogen) atoms. The van der Waals surface area contributed by atoms with Gasteiger partial charge in [-0.15, -0.1) is 16.7 Å². The predicted octanol–water partition coefficient (Wildman–Crippen LogP) is 5.43. The van der Waals surface area contributed by atoms with Gasteiger partial charge in [-0.05, 0) is 114 Å². The van der Waals surface area contributed by atoms with E-state index in [0.29, 0.717) is 124 Å². The van der Waals surface area contributed by atoms with E-state index >= 15 is 0 Å². The van der Waals surface area contributed by atoms with Crippen molar-refractivity contribution in [2.45, 2.75) is 194 Å². The summed E-state index contributed by atoms with van der Waals surface area (Å²) >= 11 is 0. The summed E-state index contributed by atoms with van der Waals surface area (Å²) in [5.74, 6) is -8.64. The van der Waals surface area contributed by atoms with E-state index in [1.165, 1.54) is 11.0 Å². The summed E-state index contributed by atoms with van der Waals surface area (Å²) in [5.41, 5.74) is 28.6. The molecule has 0 saturated carbocycles. The Hall–Kier alpha value is -8.77. The number of primary amides is 1. The number of carbonyl (C=O) groups excluding carboxylic acids is 10. The molecule has 4 aromatic carbocycles. The number of aromatic nitrogens is 6. The van der Waals surface area contributed by atoms with Gasteiger partial charge < -0.3 is 59.3 Å². The number of nitrogens with two attached hydrogens (primary N) is 1. The minimum Gasteiger partial charge on any atom is -0.677 e. The zero-order valence-corrected chi connectivity index (χ0v) is 65.7. The number of ketones is 2. The number of aliphatic hydroxyl groups is 2. The fourth-order valence-corrected chi connectivity index (χ4v) is 11.7. The summed E-state index contributed by atoms with van der Waals surface area (Å²) in [7, 11) is 1.84. The van der Waals surface area contributed by atoms with Crippen molar-refractivity contribution in [2.24, 2.45) is 29.4 Å². The molecule has 8 atom stereocenters. The summed E-state index contributed by atoms with van der Waals surface area (Å²) in [6, 6.07) is 27.2. The van der Waals surface area contributed by atoms with E-state index in [2.05, 4.69) is 52.5 Å². The number of aryl methyl sites for hydroxylation is 4. The Balaban J connectivity index is 0.000000753. The van der Waals surface area contributed by atoms with Gasteiger partial charge in [-0.1, -0.05) is 180 Å². The van der Waals surface area contributed by atoms with Crippen molar-refractivity contribution < 1.29 is 108 Å². The number of amides is 8. The number of hydrogen-bond donors (Lipinski definition) is 13. The molecule has 2 aromatic heterocycles. The molecule has 31 nitrogen and oxygen atoms in total. The molecule has 0 saturated heterocycles. The van der Waals surface area contributed by atoms with Crippen LogP contribution in [0.25, 0.3) is 11.5 Å². The van der Waals surface area contributed by atoms with E-state index in [4.69, 9.17) is 27.6 Å². The summed E-state index contributed by atoms with van der Waals surface area (Å²) in [4.78, 5) is 128. The minimum atomic E-state index is -1.85. The van der Waals surface area contributed by atoms with Gasteiger partial charge in [0.25, 0.3) is 11.8 Å². The van der Waals surface area contributed by atoms with E-state index in [9.17, 15) is 58.2 Å². The normalized spacial score (nSPS) is 13.1. The summed E-state index contributed by atoms with van der Waals surface area (Å²) < 4.78 is 3.42. The van der Waals surface area contributed by atoms with Crippen LogP contribution >= 0.6 is 0 Å². The third-order valence-corrected chi connectivity index (χ3v) is 17.6. The Bertz CT molecular complexity index is 3740. The Morgan fingerprint density at radius 1 is 0.473 bits per heavy atom. The molecular formula is C77H111N17O14Rh2-2. The Morgan fingerprint density at radius 2 is 0.855 bits per heavy atom. The molecule has 0 bridgehead atoms. The van der Waals surface area contributed by atoms with Gasteiger partial charge in [0.15, 0.2) is 11.6 Å². The topological polar surface area (TPSA) is 483 Å². The average molecular weight is 1700 g/mol. The molecule has 0 spiro atoms. The quantitative estimate of drug-likeness (QED) is 0.00744. The molecule has 0 aliphatic rings. The van der Waals surface area contributed by atoms with Crippen LogP contribution in [-0.4, -0.2) is 179 Å². The van der Waals surface area contributed by atoms with Gasteiger partial charge in [-0.25, -0.2) is 11.0 Å². The molecule has 0 aliphatic carbocycles. The number of benzene rings is 4. The maximum absolute atomic E-state index is 13.6. The van der Waals surface area contributed by atoms with Crippen molar-refractivity contribution >= 4 is 58.8 Å². The number of carbonyl (C=O) groups is 10. The van der Waals surface area contributed by atoms with Crippen molar-refractivity contribution in [1.82, 2.24) is 72.8 Å². The maximum Gasteiger partial charge on any atom is 0.272 e. The largest absolute Gasteiger partial charge is 0.677 e. The summed E-state index contributed by atoms with van der Waals surface area (Å²) in [6.45, 7) is 10.2. The van der Waals surface area contributed by atoms with E-state index in [0.717, 1.165) is 37.2 Å². The van der Waals surface area contributed by atoms with Crippen molar-refractivity contribution in [1.29, 1.82) is 0 Å². The van der Waals surface area contributed by atoms with Gasteiger partial charge in [0.05, 0.1) is 23.2 Å². The van der Waals surface area contributed by atoms with Crippen molar-refractivity contribution in [2.75, 3.05) is 33.2 Å². The molecule has 608 valence electrons. The number of unbranched alkanes of at least 4 members (excludes halogenated alkanes) is 4. The first-order chi connectivity index (χ1) is 51.4. The molecule has 0 fully saturated rings. The van der Waals surface area contributed by atoms with Gasteiger partial charge in [-0.2, -0.15) is 0 Å². The van der Waals surface area contributed by atoms with Crippen LogP contribution in [0.3, 0.4) is 0 Å². The number of rotatable bonds is 48. The molecule has 2 unspecified atom stereocenters. The molecule has 8 amide bonds. The van der Waals surface area contributed by atoms with Crippen LogP contribution in [0, 0.1) is 23.7 Å². The molecule has 2 heterocycles. The standard InChI is InChI=1S/C43H63N10O8.C33H44N7O6.CH4.2Rh/c1-28(2)25-33(38(55)43(60)51-61)40(57)49-36(26-29-18-20-31(21-19-29)37(54)30-13-5-4-6-14-30)42(59)47-23-11-7-15-32-27-53(52-50-32)24-12-9-16-34(44)41(58)48-35(39(45)56)17-8-10-22-46-3;1-22(2)19-27(30(42)33(45)38-46)31(43)36-28(20-23-12-14-25(15-13-23)29(41)24-9-4-3-5-10-24)32(44)35-17-7-6-11-26-21-40(39-37-26)18-8-16-34;;;/h4-6,13-14,18-21,27-28,33-36,38,44,46,55,61H,7-12,15-17,22-26H2,1-3H3,(H2,45,56)(H,47,59)(H,48,58)(H,49,57)(H,51,60);3-5,9-10,12-15,21-22,27-28,30,34,42,46H,6-8,11,16-20H2,1-2H3,(H,35,44)(H,36,43)(H,38,45);1H4;;/q2*-1;;;/t33-,34?,35?,36+,38+;27-,28+,30+;;;/m11.../s1. The molecule has 33 heteroatoms. The monoisotopic (exact) mass is 1700 g/mol. The molecular weight excluding hydrogens is 1590 g/mol. The van der Waals surface area contributed by atoms with Crippen LogP contribution in [0.2, 0.25) is 0 Å². The Labute approximate surface area is 669 Å². The zero-order chi connectivity index (χ0) is 78.2. The Morgan fingerprint density at radius 3 is 1.24 bits per heavy atom. The van der Waals surface area contributed by atoms with Crippen LogP contribution in [0.15, 0.2) is 122 Å². The number of hydroxylamine groups is 2. The smallest absolute Gasteiger partial charge is 0.272 e. The number of nitrogens with zero attached hydrogens (tertiary/aromatic N) is 6. The minimum absolute atomic E-state index is 0. The van der Waals surface area contributed by atoms with Crippen molar-refractivity contribution in [3.8, 4) is 0 Å². The van der Waals surface area contributed by atoms with Crippen molar-refractivity contribution in [3.05, 3.63) is 178 Å². The maximum atomic E-state index is 13.6. The third kappa shape index (κ3) is 34.6. The fourth-order valence-electron chi connectivity index (χ4n) is 11.7. The van der Waals surface area contributed by atoms with Gasteiger partial charge in [-0.3, -0.25) is 67.7 Å². The van der Waals surface area contributed by atoms with Gasteiger partial charge >= 0.3 is 0 Å². The number of nitrogens with one attached hydrogen (secondary N) is 10. The molecule has 0 aliphatic heterocycles. The van der Waals surface area contributed by atoms with E-state index in [1.54, 1.807) is 106 Å². The first kappa shape index (κ1) is 97.3. The zero-order valence-electron chi connectivity index (χ0n) is 62.4. The first-order valence-electron chi connectivity index (χ1n) is 36.5. The second kappa shape index (κ2) is 53.2. The van der Waals surface area contributed by atoms with Crippen LogP contribution in [0.5, 0.6) is 0 Å². The second-order valence-electron chi connectivity index (χ2n) is 27.3. The third-order valence-electron chi connectivity index (χ3n) is 17.6. The van der Waals surface area contributed by atoms with Crippen LogP contribution in [0.4, 0.5) is 0 Å². The molecule has 2 radical (unpaired) electrons. The van der Waals surface area contributed by atoms with Crippen molar-refractivity contribution in [3.63, 3.8) is 0 Å². The fraction of sp³-hybridized carbons (Fsp3) is 0.506. The van der Waals surface area contributed by atoms with Gasteiger partial charge in [0.1, 0.15) is 30.3 Å².